The first-order valence-electron chi connectivity index (χ1n) is 10.4. The minimum atomic E-state index is -0.900. The Balaban J connectivity index is 1.26. The Morgan fingerprint density at radius 2 is 1.90 bits per heavy atom. The molecule has 0 spiro atoms. The van der Waals surface area contributed by atoms with Crippen LogP contribution in [0.3, 0.4) is 0 Å². The molecular weight excluding hydrogens is 368 g/mol. The van der Waals surface area contributed by atoms with Crippen molar-refractivity contribution in [2.45, 2.75) is 51.2 Å². The standard InChI is InChI=1S/C22H28N4O3/c27-21(8-4-11-24-13-17-5-1-2-6-18(17)14-24)25-12-3-7-19(15-25)20-9-10-23-26(20)16-22(28)29/h1-2,5-6,9-10,19H,3-4,7-8,11-16H2,(H,28,29)/t19-/m1/s1. The lowest BCUT2D eigenvalue weighted by atomic mass is 9.94. The summed E-state index contributed by atoms with van der Waals surface area (Å²) in [5, 5.41) is 13.2. The SMILES string of the molecule is O=C(O)Cn1nccc1[C@@H]1CCCN(C(=O)CCCN2Cc3ccccc3C2)C1. The van der Waals surface area contributed by atoms with Gasteiger partial charge in [0.2, 0.25) is 5.91 Å². The summed E-state index contributed by atoms with van der Waals surface area (Å²) in [4.78, 5) is 28.2. The third kappa shape index (κ3) is 4.67. The summed E-state index contributed by atoms with van der Waals surface area (Å²) in [6.45, 7) is 4.19. The maximum Gasteiger partial charge on any atom is 0.325 e. The highest BCUT2D eigenvalue weighted by molar-refractivity contribution is 5.76. The number of carbonyl (C=O) groups is 2. The largest absolute Gasteiger partial charge is 0.480 e. The highest BCUT2D eigenvalue weighted by Crippen LogP contribution is 2.27. The Bertz CT molecular complexity index is 853. The van der Waals surface area contributed by atoms with Gasteiger partial charge in [-0.2, -0.15) is 5.10 Å². The normalized spacial score (nSPS) is 19.3. The molecule has 1 fully saturated rings. The van der Waals surface area contributed by atoms with Crippen molar-refractivity contribution in [2.24, 2.45) is 0 Å². The first kappa shape index (κ1) is 19.6. The lowest BCUT2D eigenvalue weighted by Crippen LogP contribution is -2.40. The third-order valence-electron chi connectivity index (χ3n) is 6.00. The Morgan fingerprint density at radius 1 is 1.14 bits per heavy atom. The predicted molar refractivity (Wildman–Crippen MR) is 108 cm³/mol. The molecule has 7 nitrogen and oxygen atoms in total. The number of benzene rings is 1. The minimum absolute atomic E-state index is 0.134. The number of aromatic nitrogens is 2. The summed E-state index contributed by atoms with van der Waals surface area (Å²) in [5.41, 5.74) is 3.71. The number of nitrogens with zero attached hydrogens (tertiary/aromatic N) is 4. The van der Waals surface area contributed by atoms with Crippen molar-refractivity contribution in [3.63, 3.8) is 0 Å². The van der Waals surface area contributed by atoms with Crippen LogP contribution in [0.5, 0.6) is 0 Å². The second kappa shape index (κ2) is 8.78. The molecule has 1 aromatic carbocycles. The van der Waals surface area contributed by atoms with Crippen LogP contribution in [-0.2, 0) is 29.2 Å². The van der Waals surface area contributed by atoms with Gasteiger partial charge in [-0.25, -0.2) is 0 Å². The van der Waals surface area contributed by atoms with Gasteiger partial charge in [0, 0.05) is 50.4 Å². The second-order valence-electron chi connectivity index (χ2n) is 8.07. The number of carboxylic acids is 1. The number of hydrogen-bond acceptors (Lipinski definition) is 4. The molecule has 1 aromatic heterocycles. The van der Waals surface area contributed by atoms with Crippen LogP contribution in [0.1, 0.15) is 48.4 Å². The molecule has 154 valence electrons. The Labute approximate surface area is 170 Å². The van der Waals surface area contributed by atoms with E-state index >= 15 is 0 Å². The number of piperidine rings is 1. The molecular formula is C22H28N4O3. The molecule has 2 aliphatic heterocycles. The van der Waals surface area contributed by atoms with Crippen LogP contribution in [0.25, 0.3) is 0 Å². The van der Waals surface area contributed by atoms with Gasteiger partial charge in [0.15, 0.2) is 0 Å². The van der Waals surface area contributed by atoms with Crippen molar-refractivity contribution in [3.8, 4) is 0 Å². The van der Waals surface area contributed by atoms with E-state index in [4.69, 9.17) is 5.11 Å². The summed E-state index contributed by atoms with van der Waals surface area (Å²) >= 11 is 0. The number of carbonyl (C=O) groups excluding carboxylic acids is 1. The summed E-state index contributed by atoms with van der Waals surface area (Å²) in [7, 11) is 0. The van der Waals surface area contributed by atoms with Gasteiger partial charge in [0.25, 0.3) is 0 Å². The molecule has 2 aromatic rings. The zero-order valence-electron chi connectivity index (χ0n) is 16.7. The van der Waals surface area contributed by atoms with E-state index in [0.717, 1.165) is 51.1 Å². The lowest BCUT2D eigenvalue weighted by Gasteiger charge is -2.33. The highest BCUT2D eigenvalue weighted by Gasteiger charge is 2.27. The molecule has 0 aliphatic carbocycles. The summed E-state index contributed by atoms with van der Waals surface area (Å²) in [6, 6.07) is 10.4. The van der Waals surface area contributed by atoms with Crippen LogP contribution in [0.2, 0.25) is 0 Å². The third-order valence-corrected chi connectivity index (χ3v) is 6.00. The molecule has 1 saturated heterocycles. The van der Waals surface area contributed by atoms with E-state index in [0.29, 0.717) is 13.0 Å². The quantitative estimate of drug-likeness (QED) is 0.778. The molecule has 0 radical (unpaired) electrons. The zero-order valence-corrected chi connectivity index (χ0v) is 16.7. The molecule has 0 saturated carbocycles. The molecule has 3 heterocycles. The van der Waals surface area contributed by atoms with E-state index in [-0.39, 0.29) is 18.4 Å². The predicted octanol–water partition coefficient (Wildman–Crippen LogP) is 2.47. The number of likely N-dealkylation sites (tertiary alicyclic amines) is 1. The van der Waals surface area contributed by atoms with Gasteiger partial charge in [-0.3, -0.25) is 19.2 Å². The minimum Gasteiger partial charge on any atom is -0.480 e. The molecule has 7 heteroatoms. The fraction of sp³-hybridized carbons (Fsp3) is 0.500. The van der Waals surface area contributed by atoms with Crippen molar-refractivity contribution in [1.29, 1.82) is 0 Å². The fourth-order valence-corrected chi connectivity index (χ4v) is 4.57. The van der Waals surface area contributed by atoms with E-state index in [2.05, 4.69) is 34.3 Å². The number of amides is 1. The van der Waals surface area contributed by atoms with Gasteiger partial charge in [0.05, 0.1) is 0 Å². The van der Waals surface area contributed by atoms with Gasteiger partial charge in [-0.05, 0) is 43.0 Å². The Kier molecular flexibility index (Phi) is 5.94. The topological polar surface area (TPSA) is 78.7 Å². The second-order valence-corrected chi connectivity index (χ2v) is 8.07. The van der Waals surface area contributed by atoms with Gasteiger partial charge in [0.1, 0.15) is 6.54 Å². The molecule has 0 bridgehead atoms. The first-order chi connectivity index (χ1) is 14.1. The zero-order chi connectivity index (χ0) is 20.2. The van der Waals surface area contributed by atoms with Crippen LogP contribution >= 0.6 is 0 Å². The number of fused-ring (bicyclic) bond motifs is 1. The summed E-state index contributed by atoms with van der Waals surface area (Å²) < 4.78 is 1.55. The number of rotatable bonds is 7. The number of carboxylic acid groups (broad SMARTS) is 1. The first-order valence-corrected chi connectivity index (χ1v) is 10.4. The van der Waals surface area contributed by atoms with Crippen LogP contribution < -0.4 is 0 Å². The van der Waals surface area contributed by atoms with Gasteiger partial charge < -0.3 is 10.0 Å². The highest BCUT2D eigenvalue weighted by atomic mass is 16.4. The molecule has 1 atom stereocenters. The smallest absolute Gasteiger partial charge is 0.325 e. The molecule has 1 N–H and O–H groups in total. The average molecular weight is 396 g/mol. The van der Waals surface area contributed by atoms with Gasteiger partial charge in [-0.15, -0.1) is 0 Å². The molecule has 2 aliphatic rings. The molecule has 29 heavy (non-hydrogen) atoms. The lowest BCUT2D eigenvalue weighted by molar-refractivity contribution is -0.138. The maximum absolute atomic E-state index is 12.8. The molecule has 0 unspecified atom stereocenters. The van der Waals surface area contributed by atoms with E-state index in [1.807, 2.05) is 11.0 Å². The Hall–Kier alpha value is -2.67. The van der Waals surface area contributed by atoms with Crippen LogP contribution in [0, 0.1) is 0 Å². The van der Waals surface area contributed by atoms with Crippen molar-refractivity contribution >= 4 is 11.9 Å². The fourth-order valence-electron chi connectivity index (χ4n) is 4.57. The van der Waals surface area contributed by atoms with Crippen molar-refractivity contribution in [3.05, 3.63) is 53.3 Å². The number of hydrogen-bond donors (Lipinski definition) is 1. The van der Waals surface area contributed by atoms with E-state index < -0.39 is 5.97 Å². The van der Waals surface area contributed by atoms with E-state index in [1.165, 1.54) is 11.1 Å². The summed E-state index contributed by atoms with van der Waals surface area (Å²) in [6.07, 6.45) is 4.98. The summed E-state index contributed by atoms with van der Waals surface area (Å²) in [5.74, 6) is -0.541. The van der Waals surface area contributed by atoms with Crippen molar-refractivity contribution in [1.82, 2.24) is 19.6 Å². The van der Waals surface area contributed by atoms with E-state index in [9.17, 15) is 9.59 Å². The van der Waals surface area contributed by atoms with Crippen molar-refractivity contribution in [2.75, 3.05) is 19.6 Å². The maximum atomic E-state index is 12.8. The van der Waals surface area contributed by atoms with E-state index in [1.54, 1.807) is 10.9 Å². The van der Waals surface area contributed by atoms with Crippen LogP contribution in [0.4, 0.5) is 0 Å². The van der Waals surface area contributed by atoms with Crippen LogP contribution in [-0.4, -0.2) is 56.2 Å². The van der Waals surface area contributed by atoms with Gasteiger partial charge in [-0.1, -0.05) is 24.3 Å². The van der Waals surface area contributed by atoms with Crippen molar-refractivity contribution < 1.29 is 14.7 Å². The molecule has 1 amide bonds. The average Bonchev–Trinajstić information content (AvgIpc) is 3.34. The van der Waals surface area contributed by atoms with Crippen LogP contribution in [0.15, 0.2) is 36.5 Å². The number of aliphatic carboxylic acids is 1. The van der Waals surface area contributed by atoms with Gasteiger partial charge >= 0.3 is 5.97 Å². The monoisotopic (exact) mass is 396 g/mol. The Morgan fingerprint density at radius 3 is 2.62 bits per heavy atom. The molecule has 4 rings (SSSR count).